The lowest BCUT2D eigenvalue weighted by Gasteiger charge is -2.41. The van der Waals surface area contributed by atoms with Crippen molar-refractivity contribution >= 4 is 11.8 Å². The van der Waals surface area contributed by atoms with Crippen LogP contribution >= 0.6 is 0 Å². The van der Waals surface area contributed by atoms with E-state index in [1.165, 1.54) is 5.56 Å². The highest BCUT2D eigenvalue weighted by Gasteiger charge is 2.38. The minimum absolute atomic E-state index is 0.0731. The van der Waals surface area contributed by atoms with E-state index in [4.69, 9.17) is 5.73 Å². The van der Waals surface area contributed by atoms with Gasteiger partial charge in [-0.1, -0.05) is 30.3 Å². The second kappa shape index (κ2) is 6.93. The Morgan fingerprint density at radius 2 is 1.96 bits per heavy atom. The van der Waals surface area contributed by atoms with Crippen molar-refractivity contribution in [2.24, 2.45) is 11.7 Å². The van der Waals surface area contributed by atoms with E-state index in [1.54, 1.807) is 4.90 Å². The van der Waals surface area contributed by atoms with Crippen LogP contribution in [0.2, 0.25) is 0 Å². The molecule has 1 heterocycles. The molecule has 2 amide bonds. The second-order valence-corrected chi connectivity index (χ2v) is 7.44. The number of benzene rings is 1. The Kier molecular flexibility index (Phi) is 4.90. The van der Waals surface area contributed by atoms with E-state index in [1.807, 2.05) is 6.07 Å². The summed E-state index contributed by atoms with van der Waals surface area (Å²) < 4.78 is 0. The summed E-state index contributed by atoms with van der Waals surface area (Å²) in [7, 11) is 0. The molecule has 1 aliphatic carbocycles. The molecule has 3 rings (SSSR count). The molecule has 1 saturated heterocycles. The van der Waals surface area contributed by atoms with Gasteiger partial charge in [0, 0.05) is 19.5 Å². The van der Waals surface area contributed by atoms with E-state index in [0.717, 1.165) is 12.8 Å². The van der Waals surface area contributed by atoms with Gasteiger partial charge in [0.1, 0.15) is 0 Å². The van der Waals surface area contributed by atoms with E-state index >= 15 is 0 Å². The quantitative estimate of drug-likeness (QED) is 0.863. The third-order valence-electron chi connectivity index (χ3n) is 5.38. The maximum Gasteiger partial charge on any atom is 0.222 e. The summed E-state index contributed by atoms with van der Waals surface area (Å²) >= 11 is 0. The molecule has 1 aromatic rings. The van der Waals surface area contributed by atoms with Crippen molar-refractivity contribution in [1.82, 2.24) is 4.90 Å². The van der Waals surface area contributed by atoms with Gasteiger partial charge >= 0.3 is 0 Å². The van der Waals surface area contributed by atoms with E-state index in [0.29, 0.717) is 37.6 Å². The Labute approximate surface area is 142 Å². The molecular formula is C19H26N2O3. The zero-order valence-electron chi connectivity index (χ0n) is 14.0. The SMILES string of the molecule is NC(=O)CC1(O)CCCN(C(=O)CC2CC(c3ccccc3)C2)C1. The standard InChI is InChI=1S/C19H26N2O3/c20-17(22)12-19(24)7-4-8-21(13-19)18(23)11-14-9-16(10-14)15-5-2-1-3-6-15/h1-3,5-6,14,16,24H,4,7-13H2,(H2,20,22). The number of amides is 2. The zero-order valence-corrected chi connectivity index (χ0v) is 14.0. The largest absolute Gasteiger partial charge is 0.388 e. The van der Waals surface area contributed by atoms with Crippen molar-refractivity contribution in [3.8, 4) is 0 Å². The van der Waals surface area contributed by atoms with Crippen LogP contribution in [0.1, 0.15) is 50.0 Å². The molecule has 5 heteroatoms. The highest BCUT2D eigenvalue weighted by atomic mass is 16.3. The van der Waals surface area contributed by atoms with Crippen molar-refractivity contribution in [3.05, 3.63) is 35.9 Å². The molecule has 130 valence electrons. The lowest BCUT2D eigenvalue weighted by Crippen LogP contribution is -2.52. The maximum absolute atomic E-state index is 12.5. The van der Waals surface area contributed by atoms with E-state index < -0.39 is 11.5 Å². The first-order valence-electron chi connectivity index (χ1n) is 8.78. The summed E-state index contributed by atoms with van der Waals surface area (Å²) in [6.45, 7) is 0.887. The molecule has 0 radical (unpaired) electrons. The van der Waals surface area contributed by atoms with Crippen LogP contribution in [0.5, 0.6) is 0 Å². The van der Waals surface area contributed by atoms with Crippen molar-refractivity contribution in [3.63, 3.8) is 0 Å². The number of carbonyl (C=O) groups excluding carboxylic acids is 2. The Morgan fingerprint density at radius 1 is 1.25 bits per heavy atom. The van der Waals surface area contributed by atoms with Crippen LogP contribution in [-0.4, -0.2) is 40.5 Å². The molecule has 1 unspecified atom stereocenters. The van der Waals surface area contributed by atoms with Gasteiger partial charge in [-0.3, -0.25) is 9.59 Å². The van der Waals surface area contributed by atoms with Crippen LogP contribution in [0, 0.1) is 5.92 Å². The lowest BCUT2D eigenvalue weighted by atomic mass is 9.70. The first-order chi connectivity index (χ1) is 11.5. The lowest BCUT2D eigenvalue weighted by molar-refractivity contribution is -0.143. The summed E-state index contributed by atoms with van der Waals surface area (Å²) in [5.74, 6) is 0.566. The molecule has 3 N–H and O–H groups in total. The Hall–Kier alpha value is -1.88. The molecule has 2 aliphatic rings. The Bertz CT molecular complexity index is 598. The number of aliphatic hydroxyl groups is 1. The van der Waals surface area contributed by atoms with Gasteiger partial charge in [-0.05, 0) is 43.1 Å². The monoisotopic (exact) mass is 330 g/mol. The van der Waals surface area contributed by atoms with Gasteiger partial charge in [0.2, 0.25) is 11.8 Å². The minimum Gasteiger partial charge on any atom is -0.388 e. The van der Waals surface area contributed by atoms with E-state index in [9.17, 15) is 14.7 Å². The van der Waals surface area contributed by atoms with Gasteiger partial charge in [-0.2, -0.15) is 0 Å². The van der Waals surface area contributed by atoms with Crippen LogP contribution in [0.25, 0.3) is 0 Å². The predicted octanol–water partition coefficient (Wildman–Crippen LogP) is 1.80. The number of hydrogen-bond donors (Lipinski definition) is 2. The normalized spacial score (nSPS) is 29.8. The third-order valence-corrected chi connectivity index (χ3v) is 5.38. The fourth-order valence-electron chi connectivity index (χ4n) is 4.07. The summed E-state index contributed by atoms with van der Waals surface area (Å²) in [5.41, 5.74) is 5.42. The second-order valence-electron chi connectivity index (χ2n) is 7.44. The molecule has 24 heavy (non-hydrogen) atoms. The molecule has 2 fully saturated rings. The van der Waals surface area contributed by atoms with Crippen LogP contribution in [-0.2, 0) is 9.59 Å². The summed E-state index contributed by atoms with van der Waals surface area (Å²) in [5, 5.41) is 10.5. The summed E-state index contributed by atoms with van der Waals surface area (Å²) in [6, 6.07) is 10.4. The first-order valence-corrected chi connectivity index (χ1v) is 8.78. The Morgan fingerprint density at radius 3 is 2.62 bits per heavy atom. The van der Waals surface area contributed by atoms with Crippen LogP contribution in [0.4, 0.5) is 0 Å². The number of primary amides is 1. The van der Waals surface area contributed by atoms with Crippen molar-refractivity contribution < 1.29 is 14.7 Å². The molecular weight excluding hydrogens is 304 g/mol. The fourth-order valence-corrected chi connectivity index (χ4v) is 4.07. The van der Waals surface area contributed by atoms with Crippen molar-refractivity contribution in [2.45, 2.75) is 50.0 Å². The average Bonchev–Trinajstić information content (AvgIpc) is 2.50. The number of carbonyl (C=O) groups is 2. The molecule has 1 saturated carbocycles. The molecule has 5 nitrogen and oxygen atoms in total. The smallest absolute Gasteiger partial charge is 0.222 e. The number of likely N-dealkylation sites (tertiary alicyclic amines) is 1. The van der Waals surface area contributed by atoms with Crippen molar-refractivity contribution in [2.75, 3.05) is 13.1 Å². The summed E-state index contributed by atoms with van der Waals surface area (Å²) in [4.78, 5) is 25.3. The van der Waals surface area contributed by atoms with Gasteiger partial charge in [0.25, 0.3) is 0 Å². The molecule has 1 aliphatic heterocycles. The van der Waals surface area contributed by atoms with Gasteiger partial charge in [-0.25, -0.2) is 0 Å². The van der Waals surface area contributed by atoms with E-state index in [-0.39, 0.29) is 18.9 Å². The van der Waals surface area contributed by atoms with Gasteiger partial charge in [-0.15, -0.1) is 0 Å². The predicted molar refractivity (Wildman–Crippen MR) is 91.1 cm³/mol. The number of nitrogens with two attached hydrogens (primary N) is 1. The van der Waals surface area contributed by atoms with Gasteiger partial charge < -0.3 is 15.7 Å². The molecule has 0 aromatic heterocycles. The first kappa shape index (κ1) is 17.0. The maximum atomic E-state index is 12.5. The number of β-amino-alcohol motifs (C(OH)–C–C–N with tert-alkyl or cyclic N) is 1. The molecule has 1 aromatic carbocycles. The number of rotatable bonds is 5. The fraction of sp³-hybridized carbons (Fsp3) is 0.579. The number of nitrogens with zero attached hydrogens (tertiary/aromatic N) is 1. The molecule has 1 atom stereocenters. The number of hydrogen-bond acceptors (Lipinski definition) is 3. The Balaban J connectivity index is 1.48. The zero-order chi connectivity index (χ0) is 17.2. The van der Waals surface area contributed by atoms with Crippen LogP contribution in [0.3, 0.4) is 0 Å². The average molecular weight is 330 g/mol. The molecule has 0 bridgehead atoms. The highest BCUT2D eigenvalue weighted by molar-refractivity contribution is 5.78. The minimum atomic E-state index is -1.15. The van der Waals surface area contributed by atoms with Crippen LogP contribution in [0.15, 0.2) is 30.3 Å². The number of piperidine rings is 1. The van der Waals surface area contributed by atoms with Crippen LogP contribution < -0.4 is 5.73 Å². The topological polar surface area (TPSA) is 83.6 Å². The van der Waals surface area contributed by atoms with E-state index in [2.05, 4.69) is 24.3 Å². The van der Waals surface area contributed by atoms with Crippen molar-refractivity contribution in [1.29, 1.82) is 0 Å². The third kappa shape index (κ3) is 3.96. The van der Waals surface area contributed by atoms with Gasteiger partial charge in [0.05, 0.1) is 12.0 Å². The molecule has 0 spiro atoms. The summed E-state index contributed by atoms with van der Waals surface area (Å²) in [6.07, 6.45) is 3.81. The highest BCUT2D eigenvalue weighted by Crippen LogP contribution is 2.43. The van der Waals surface area contributed by atoms with Gasteiger partial charge in [0.15, 0.2) is 0 Å².